The second-order valence-corrected chi connectivity index (χ2v) is 8.45. The summed E-state index contributed by atoms with van der Waals surface area (Å²) in [5.41, 5.74) is 3.83. The number of hydrogen-bond acceptors (Lipinski definition) is 5. The fourth-order valence-electron chi connectivity index (χ4n) is 3.64. The number of carboxylic acids is 1. The van der Waals surface area contributed by atoms with Crippen LogP contribution in [0.1, 0.15) is 48.4 Å². The molecule has 0 heterocycles. The van der Waals surface area contributed by atoms with E-state index in [-0.39, 0.29) is 19.7 Å². The Balaban J connectivity index is 2.24. The van der Waals surface area contributed by atoms with Crippen molar-refractivity contribution in [2.24, 2.45) is 0 Å². The van der Waals surface area contributed by atoms with Crippen LogP contribution in [0.2, 0.25) is 0 Å². The Labute approximate surface area is 200 Å². The number of nitrogens with zero attached hydrogens (tertiary/aromatic N) is 1. The predicted octanol–water partition coefficient (Wildman–Crippen LogP) is 3.56. The Kier molecular flexibility index (Phi) is 10.5. The number of carboxylic acid groups (broad SMARTS) is 1. The maximum absolute atomic E-state index is 13.1. The SMILES string of the molecule is CCCC(O)C(CN(Cc1ccc(C)cc1C)C(=O)OCc1ccccc1)NC(=O)CC(=O)O. The van der Waals surface area contributed by atoms with Gasteiger partial charge in [-0.1, -0.05) is 67.4 Å². The highest BCUT2D eigenvalue weighted by Crippen LogP contribution is 2.16. The van der Waals surface area contributed by atoms with Crippen LogP contribution >= 0.6 is 0 Å². The second-order valence-electron chi connectivity index (χ2n) is 8.45. The Morgan fingerprint density at radius 2 is 1.79 bits per heavy atom. The minimum Gasteiger partial charge on any atom is -0.481 e. The average Bonchev–Trinajstić information content (AvgIpc) is 2.78. The third-order valence-electron chi connectivity index (χ3n) is 5.45. The fraction of sp³-hybridized carbons (Fsp3) is 0.423. The van der Waals surface area contributed by atoms with E-state index in [1.165, 1.54) is 4.90 Å². The van der Waals surface area contributed by atoms with Crippen molar-refractivity contribution in [3.63, 3.8) is 0 Å². The van der Waals surface area contributed by atoms with Crippen molar-refractivity contribution in [3.8, 4) is 0 Å². The van der Waals surface area contributed by atoms with Gasteiger partial charge in [0.25, 0.3) is 0 Å². The van der Waals surface area contributed by atoms with Gasteiger partial charge in [0.2, 0.25) is 5.91 Å². The molecule has 0 fully saturated rings. The lowest BCUT2D eigenvalue weighted by atomic mass is 10.0. The summed E-state index contributed by atoms with van der Waals surface area (Å²) in [5, 5.41) is 22.2. The van der Waals surface area contributed by atoms with E-state index in [9.17, 15) is 19.5 Å². The first-order chi connectivity index (χ1) is 16.2. The molecule has 2 amide bonds. The first-order valence-corrected chi connectivity index (χ1v) is 11.4. The molecule has 3 N–H and O–H groups in total. The fourth-order valence-corrected chi connectivity index (χ4v) is 3.64. The van der Waals surface area contributed by atoms with Gasteiger partial charge in [-0.3, -0.25) is 9.59 Å². The van der Waals surface area contributed by atoms with Gasteiger partial charge < -0.3 is 25.2 Å². The van der Waals surface area contributed by atoms with Gasteiger partial charge in [0, 0.05) is 13.1 Å². The maximum atomic E-state index is 13.1. The Hall–Kier alpha value is -3.39. The molecule has 0 aliphatic heterocycles. The molecule has 2 aromatic rings. The summed E-state index contributed by atoms with van der Waals surface area (Å²) in [6, 6.07) is 14.3. The van der Waals surface area contributed by atoms with Gasteiger partial charge in [-0.2, -0.15) is 0 Å². The number of nitrogens with one attached hydrogen (secondary N) is 1. The zero-order valence-electron chi connectivity index (χ0n) is 20.0. The zero-order valence-corrected chi connectivity index (χ0v) is 20.0. The Morgan fingerprint density at radius 1 is 1.09 bits per heavy atom. The number of carbonyl (C=O) groups excluding carboxylic acids is 2. The quantitative estimate of drug-likeness (QED) is 0.409. The van der Waals surface area contributed by atoms with E-state index in [2.05, 4.69) is 5.32 Å². The molecule has 0 aliphatic rings. The van der Waals surface area contributed by atoms with Crippen LogP contribution in [0.3, 0.4) is 0 Å². The number of aliphatic carboxylic acids is 1. The summed E-state index contributed by atoms with van der Waals surface area (Å²) in [7, 11) is 0. The number of benzene rings is 2. The molecule has 184 valence electrons. The Morgan fingerprint density at radius 3 is 2.41 bits per heavy atom. The van der Waals surface area contributed by atoms with E-state index >= 15 is 0 Å². The number of hydrogen-bond donors (Lipinski definition) is 3. The smallest absolute Gasteiger partial charge is 0.410 e. The second kappa shape index (κ2) is 13.3. The van der Waals surface area contributed by atoms with E-state index in [0.29, 0.717) is 12.8 Å². The van der Waals surface area contributed by atoms with Crippen molar-refractivity contribution >= 4 is 18.0 Å². The van der Waals surface area contributed by atoms with Gasteiger partial charge in [0.05, 0.1) is 12.1 Å². The highest BCUT2D eigenvalue weighted by Gasteiger charge is 2.28. The van der Waals surface area contributed by atoms with Crippen molar-refractivity contribution in [2.45, 2.75) is 65.3 Å². The van der Waals surface area contributed by atoms with Crippen LogP contribution in [0.4, 0.5) is 4.79 Å². The van der Waals surface area contributed by atoms with Crippen LogP contribution < -0.4 is 5.32 Å². The highest BCUT2D eigenvalue weighted by atomic mass is 16.6. The molecule has 0 radical (unpaired) electrons. The summed E-state index contributed by atoms with van der Waals surface area (Å²) in [6.07, 6.45) is -1.22. The third kappa shape index (κ3) is 8.86. The molecule has 2 aromatic carbocycles. The molecular weight excluding hydrogens is 436 g/mol. The van der Waals surface area contributed by atoms with Crippen LogP contribution in [-0.4, -0.2) is 51.8 Å². The number of rotatable bonds is 12. The summed E-state index contributed by atoms with van der Waals surface area (Å²) >= 11 is 0. The van der Waals surface area contributed by atoms with Gasteiger partial charge in [-0.25, -0.2) is 4.79 Å². The molecule has 0 bridgehead atoms. The number of amides is 2. The molecule has 0 aliphatic carbocycles. The molecule has 0 saturated heterocycles. The van der Waals surface area contributed by atoms with Crippen molar-refractivity contribution in [1.29, 1.82) is 0 Å². The van der Waals surface area contributed by atoms with E-state index in [1.807, 2.05) is 69.3 Å². The lowest BCUT2D eigenvalue weighted by Gasteiger charge is -2.31. The van der Waals surface area contributed by atoms with Crippen LogP contribution in [-0.2, 0) is 27.5 Å². The van der Waals surface area contributed by atoms with Crippen molar-refractivity contribution in [3.05, 3.63) is 70.8 Å². The van der Waals surface area contributed by atoms with Crippen LogP contribution in [0.25, 0.3) is 0 Å². The van der Waals surface area contributed by atoms with Crippen molar-refractivity contribution < 1.29 is 29.3 Å². The first-order valence-electron chi connectivity index (χ1n) is 11.4. The molecule has 0 spiro atoms. The normalized spacial score (nSPS) is 12.5. The van der Waals surface area contributed by atoms with Gasteiger partial charge in [-0.05, 0) is 37.0 Å². The average molecular weight is 471 g/mol. The predicted molar refractivity (Wildman–Crippen MR) is 128 cm³/mol. The van der Waals surface area contributed by atoms with Crippen LogP contribution in [0.15, 0.2) is 48.5 Å². The molecule has 34 heavy (non-hydrogen) atoms. The molecule has 0 aromatic heterocycles. The third-order valence-corrected chi connectivity index (χ3v) is 5.45. The molecule has 2 unspecified atom stereocenters. The molecule has 0 saturated carbocycles. The van der Waals surface area contributed by atoms with Crippen LogP contribution in [0.5, 0.6) is 0 Å². The number of aliphatic hydroxyl groups excluding tert-OH is 1. The van der Waals surface area contributed by atoms with Gasteiger partial charge in [0.15, 0.2) is 0 Å². The summed E-state index contributed by atoms with van der Waals surface area (Å²) in [5.74, 6) is -1.99. The number of aliphatic hydroxyl groups is 1. The van der Waals surface area contributed by atoms with E-state index < -0.39 is 36.5 Å². The summed E-state index contributed by atoms with van der Waals surface area (Å²) < 4.78 is 5.53. The molecule has 8 heteroatoms. The van der Waals surface area contributed by atoms with Gasteiger partial charge >= 0.3 is 12.1 Å². The number of carbonyl (C=O) groups is 3. The van der Waals surface area contributed by atoms with Crippen molar-refractivity contribution in [2.75, 3.05) is 6.54 Å². The minimum absolute atomic E-state index is 0.0343. The summed E-state index contributed by atoms with van der Waals surface area (Å²) in [6.45, 7) is 6.08. The molecule has 8 nitrogen and oxygen atoms in total. The first kappa shape index (κ1) is 26.9. The standard InChI is InChI=1S/C26H34N2O6/c1-4-8-23(29)22(27-24(30)14-25(31)32)16-28(15-21-12-11-18(2)13-19(21)3)26(33)34-17-20-9-6-5-7-10-20/h5-7,9-13,22-23,29H,4,8,14-17H2,1-3H3,(H,27,30)(H,31,32). The monoisotopic (exact) mass is 470 g/mol. The highest BCUT2D eigenvalue weighted by molar-refractivity contribution is 5.93. The number of aryl methyl sites for hydroxylation is 2. The summed E-state index contributed by atoms with van der Waals surface area (Å²) in [4.78, 5) is 37.6. The van der Waals surface area contributed by atoms with Crippen molar-refractivity contribution in [1.82, 2.24) is 10.2 Å². The molecule has 2 atom stereocenters. The molecular formula is C26H34N2O6. The lowest BCUT2D eigenvalue weighted by molar-refractivity contribution is -0.141. The van der Waals surface area contributed by atoms with Gasteiger partial charge in [0.1, 0.15) is 13.0 Å². The van der Waals surface area contributed by atoms with E-state index in [1.54, 1.807) is 0 Å². The topological polar surface area (TPSA) is 116 Å². The lowest BCUT2D eigenvalue weighted by Crippen LogP contribution is -2.51. The maximum Gasteiger partial charge on any atom is 0.410 e. The van der Waals surface area contributed by atoms with Crippen LogP contribution in [0, 0.1) is 13.8 Å². The Bertz CT molecular complexity index is 963. The largest absolute Gasteiger partial charge is 0.481 e. The minimum atomic E-state index is -1.27. The number of ether oxygens (including phenoxy) is 1. The van der Waals surface area contributed by atoms with E-state index in [4.69, 9.17) is 9.84 Å². The van der Waals surface area contributed by atoms with Gasteiger partial charge in [-0.15, -0.1) is 0 Å². The van der Waals surface area contributed by atoms with E-state index in [0.717, 1.165) is 22.3 Å². The molecule has 2 rings (SSSR count). The zero-order chi connectivity index (χ0) is 25.1.